The molecule has 5 heteroatoms. The number of hydrogen-bond acceptors (Lipinski definition) is 2. The van der Waals surface area contributed by atoms with Gasteiger partial charge in [-0.1, -0.05) is 13.3 Å². The van der Waals surface area contributed by atoms with E-state index in [9.17, 15) is 13.6 Å². The van der Waals surface area contributed by atoms with Gasteiger partial charge in [-0.2, -0.15) is 0 Å². The predicted molar refractivity (Wildman–Crippen MR) is 68.5 cm³/mol. The lowest BCUT2D eigenvalue weighted by Crippen LogP contribution is -2.34. The highest BCUT2D eigenvalue weighted by Gasteiger charge is 2.24. The topological polar surface area (TPSA) is 40.5 Å². The zero-order valence-electron chi connectivity index (χ0n) is 10.8. The van der Waals surface area contributed by atoms with Crippen LogP contribution in [0.5, 0.6) is 0 Å². The Morgan fingerprint density at radius 2 is 1.95 bits per heavy atom. The van der Waals surface area contributed by atoms with Crippen LogP contribution in [0.1, 0.15) is 36.5 Å². The quantitative estimate of drug-likeness (QED) is 0.915. The summed E-state index contributed by atoms with van der Waals surface area (Å²) in [6.07, 6.45) is 3.01. The molecule has 0 radical (unpaired) electrons. The molecule has 0 atom stereocenters. The number of anilines is 1. The minimum absolute atomic E-state index is 0.164. The summed E-state index contributed by atoms with van der Waals surface area (Å²) < 4.78 is 27.5. The highest BCUT2D eigenvalue weighted by molar-refractivity contribution is 5.88. The van der Waals surface area contributed by atoms with E-state index < -0.39 is 23.2 Å². The van der Waals surface area contributed by atoms with Crippen molar-refractivity contribution in [3.05, 3.63) is 29.3 Å². The smallest absolute Gasteiger partial charge is 0.338 e. The number of carboxylic acids is 1. The molecule has 1 fully saturated rings. The van der Waals surface area contributed by atoms with Crippen LogP contribution in [0.15, 0.2) is 12.1 Å². The highest BCUT2D eigenvalue weighted by Crippen LogP contribution is 2.29. The molecule has 0 aliphatic carbocycles. The summed E-state index contributed by atoms with van der Waals surface area (Å²) in [5.41, 5.74) is -0.457. The molecule has 0 unspecified atom stereocenters. The number of nitrogens with zero attached hydrogens (tertiary/aromatic N) is 1. The van der Waals surface area contributed by atoms with Crippen molar-refractivity contribution in [1.29, 1.82) is 0 Å². The lowest BCUT2D eigenvalue weighted by Gasteiger charge is -2.33. The first-order chi connectivity index (χ1) is 9.04. The fourth-order valence-electron chi connectivity index (χ4n) is 2.53. The third-order valence-corrected chi connectivity index (χ3v) is 3.82. The lowest BCUT2D eigenvalue weighted by molar-refractivity contribution is 0.0690. The molecule has 0 amide bonds. The van der Waals surface area contributed by atoms with Crippen LogP contribution in [0.4, 0.5) is 14.5 Å². The van der Waals surface area contributed by atoms with Crippen LogP contribution in [0, 0.1) is 17.6 Å². The van der Waals surface area contributed by atoms with Crippen molar-refractivity contribution in [1.82, 2.24) is 0 Å². The average molecular weight is 269 g/mol. The lowest BCUT2D eigenvalue weighted by atomic mass is 9.94. The maximum absolute atomic E-state index is 13.9. The van der Waals surface area contributed by atoms with E-state index >= 15 is 0 Å². The summed E-state index contributed by atoms with van der Waals surface area (Å²) in [5, 5.41) is 8.74. The Balaban J connectivity index is 2.22. The van der Waals surface area contributed by atoms with Crippen molar-refractivity contribution >= 4 is 11.7 Å². The summed E-state index contributed by atoms with van der Waals surface area (Å²) in [6.45, 7) is 3.49. The minimum Gasteiger partial charge on any atom is -0.478 e. The number of piperidine rings is 1. The Hall–Kier alpha value is -1.65. The third kappa shape index (κ3) is 2.69. The van der Waals surface area contributed by atoms with Crippen LogP contribution in [-0.2, 0) is 0 Å². The van der Waals surface area contributed by atoms with Gasteiger partial charge >= 0.3 is 5.97 Å². The van der Waals surface area contributed by atoms with Gasteiger partial charge in [0.15, 0.2) is 11.6 Å². The Morgan fingerprint density at radius 3 is 2.47 bits per heavy atom. The molecule has 1 aliphatic rings. The average Bonchev–Trinajstić information content (AvgIpc) is 2.41. The standard InChI is InChI=1S/C14H17F2NO2/c1-2-9-5-7-17(8-6-9)11-4-3-10(14(18)19)12(15)13(11)16/h3-4,9H,2,5-8H2,1H3,(H,18,19). The molecule has 0 aromatic heterocycles. The molecular weight excluding hydrogens is 252 g/mol. The maximum atomic E-state index is 13.9. The first kappa shape index (κ1) is 13.8. The van der Waals surface area contributed by atoms with E-state index in [0.717, 1.165) is 25.3 Å². The number of hydrogen-bond donors (Lipinski definition) is 1. The predicted octanol–water partition coefficient (Wildman–Crippen LogP) is 3.29. The number of carbonyl (C=O) groups is 1. The molecule has 0 bridgehead atoms. The summed E-state index contributed by atoms with van der Waals surface area (Å²) in [5.74, 6) is -3.15. The van der Waals surface area contributed by atoms with Gasteiger partial charge in [-0.05, 0) is 30.9 Å². The Labute approximate surface area is 110 Å². The molecule has 3 nitrogen and oxygen atoms in total. The van der Waals surface area contributed by atoms with Gasteiger partial charge in [-0.15, -0.1) is 0 Å². The van der Waals surface area contributed by atoms with Crippen LogP contribution >= 0.6 is 0 Å². The molecule has 1 aromatic carbocycles. The molecule has 1 saturated heterocycles. The van der Waals surface area contributed by atoms with E-state index in [1.54, 1.807) is 4.90 Å². The van der Waals surface area contributed by atoms with E-state index in [1.807, 2.05) is 0 Å². The van der Waals surface area contributed by atoms with Crippen LogP contribution in [0.2, 0.25) is 0 Å². The molecule has 1 aromatic rings. The van der Waals surface area contributed by atoms with Gasteiger partial charge in [0.2, 0.25) is 0 Å². The van der Waals surface area contributed by atoms with Crippen molar-refractivity contribution < 1.29 is 18.7 Å². The number of aromatic carboxylic acids is 1. The van der Waals surface area contributed by atoms with E-state index in [1.165, 1.54) is 6.07 Å². The van der Waals surface area contributed by atoms with Gasteiger partial charge in [0.05, 0.1) is 11.3 Å². The second-order valence-electron chi connectivity index (χ2n) is 4.90. The highest BCUT2D eigenvalue weighted by atomic mass is 19.2. The molecule has 2 rings (SSSR count). The second kappa shape index (κ2) is 5.55. The minimum atomic E-state index is -1.45. The van der Waals surface area contributed by atoms with Crippen molar-refractivity contribution in [2.75, 3.05) is 18.0 Å². The van der Waals surface area contributed by atoms with Gasteiger partial charge in [-0.25, -0.2) is 13.6 Å². The normalized spacial score (nSPS) is 16.7. The fourth-order valence-corrected chi connectivity index (χ4v) is 2.53. The number of carboxylic acid groups (broad SMARTS) is 1. The molecule has 1 N–H and O–H groups in total. The summed E-state index contributed by atoms with van der Waals surface area (Å²) in [6, 6.07) is 2.48. The fraction of sp³-hybridized carbons (Fsp3) is 0.500. The summed E-state index contributed by atoms with van der Waals surface area (Å²) >= 11 is 0. The molecule has 1 heterocycles. The Kier molecular flexibility index (Phi) is 4.02. The van der Waals surface area contributed by atoms with Gasteiger partial charge in [-0.3, -0.25) is 0 Å². The Bertz CT molecular complexity index is 483. The first-order valence-electron chi connectivity index (χ1n) is 6.50. The van der Waals surface area contributed by atoms with E-state index in [2.05, 4.69) is 6.92 Å². The monoisotopic (exact) mass is 269 g/mol. The maximum Gasteiger partial charge on any atom is 0.338 e. The molecule has 0 spiro atoms. The van der Waals surface area contributed by atoms with E-state index in [4.69, 9.17) is 5.11 Å². The van der Waals surface area contributed by atoms with Crippen molar-refractivity contribution in [3.8, 4) is 0 Å². The second-order valence-corrected chi connectivity index (χ2v) is 4.90. The van der Waals surface area contributed by atoms with Crippen LogP contribution in [0.3, 0.4) is 0 Å². The zero-order chi connectivity index (χ0) is 14.0. The van der Waals surface area contributed by atoms with Crippen LogP contribution < -0.4 is 4.90 Å². The van der Waals surface area contributed by atoms with E-state index in [-0.39, 0.29) is 5.69 Å². The van der Waals surface area contributed by atoms with Gasteiger partial charge in [0, 0.05) is 13.1 Å². The number of rotatable bonds is 3. The van der Waals surface area contributed by atoms with Crippen molar-refractivity contribution in [2.24, 2.45) is 5.92 Å². The summed E-state index contributed by atoms with van der Waals surface area (Å²) in [7, 11) is 0. The molecular formula is C14H17F2NO2. The van der Waals surface area contributed by atoms with Crippen LogP contribution in [0.25, 0.3) is 0 Å². The zero-order valence-corrected chi connectivity index (χ0v) is 10.8. The largest absolute Gasteiger partial charge is 0.478 e. The number of halogens is 2. The number of benzene rings is 1. The summed E-state index contributed by atoms with van der Waals surface area (Å²) in [4.78, 5) is 12.5. The Morgan fingerprint density at radius 1 is 1.32 bits per heavy atom. The van der Waals surface area contributed by atoms with Crippen molar-refractivity contribution in [3.63, 3.8) is 0 Å². The van der Waals surface area contributed by atoms with Crippen molar-refractivity contribution in [2.45, 2.75) is 26.2 Å². The third-order valence-electron chi connectivity index (χ3n) is 3.82. The molecule has 19 heavy (non-hydrogen) atoms. The molecule has 104 valence electrons. The van der Waals surface area contributed by atoms with E-state index in [0.29, 0.717) is 19.0 Å². The SMILES string of the molecule is CCC1CCN(c2ccc(C(=O)O)c(F)c2F)CC1. The van der Waals surface area contributed by atoms with Gasteiger partial charge in [0.1, 0.15) is 0 Å². The first-order valence-corrected chi connectivity index (χ1v) is 6.50. The van der Waals surface area contributed by atoms with Gasteiger partial charge < -0.3 is 10.0 Å². The van der Waals surface area contributed by atoms with Gasteiger partial charge in [0.25, 0.3) is 0 Å². The van der Waals surface area contributed by atoms with Crippen LogP contribution in [-0.4, -0.2) is 24.2 Å². The molecule has 1 aliphatic heterocycles. The molecule has 0 saturated carbocycles.